The van der Waals surface area contributed by atoms with Crippen LogP contribution in [-0.4, -0.2) is 18.0 Å². The molecule has 1 N–H and O–H groups in total. The van der Waals surface area contributed by atoms with E-state index in [1.165, 1.54) is 43.4 Å². The fourth-order valence-corrected chi connectivity index (χ4v) is 3.77. The zero-order valence-corrected chi connectivity index (χ0v) is 14.9. The van der Waals surface area contributed by atoms with Crippen molar-refractivity contribution in [2.24, 2.45) is 5.92 Å². The Kier molecular flexibility index (Phi) is 7.26. The molecule has 1 atom stereocenters. The fourth-order valence-electron chi connectivity index (χ4n) is 3.03. The van der Waals surface area contributed by atoms with Gasteiger partial charge in [-0.05, 0) is 37.1 Å². The lowest BCUT2D eigenvalue weighted by atomic mass is 9.86. The van der Waals surface area contributed by atoms with Crippen LogP contribution in [0.1, 0.15) is 63.9 Å². The van der Waals surface area contributed by atoms with E-state index in [-0.39, 0.29) is 5.97 Å². The van der Waals surface area contributed by atoms with Crippen LogP contribution in [0.25, 0.3) is 0 Å². The molecule has 0 spiro atoms. The molecule has 1 saturated carbocycles. The first-order valence-electron chi connectivity index (χ1n) is 8.58. The molecule has 0 aromatic carbocycles. The molecule has 0 aliphatic heterocycles. The van der Waals surface area contributed by atoms with Crippen LogP contribution < -0.4 is 5.32 Å². The predicted molar refractivity (Wildman–Crippen MR) is 93.6 cm³/mol. The second-order valence-electron chi connectivity index (χ2n) is 6.29. The molecule has 5 nitrogen and oxygen atoms in total. The molecule has 130 valence electrons. The van der Waals surface area contributed by atoms with Crippen molar-refractivity contribution < 1.29 is 14.3 Å². The second-order valence-corrected chi connectivity index (χ2v) is 7.21. The summed E-state index contributed by atoms with van der Waals surface area (Å²) in [6, 6.07) is 3.65. The monoisotopic (exact) mass is 348 g/mol. The summed E-state index contributed by atoms with van der Waals surface area (Å²) in [6.45, 7) is 1.55. The van der Waals surface area contributed by atoms with Gasteiger partial charge in [-0.3, -0.25) is 9.59 Å². The maximum Gasteiger partial charge on any atom is 0.306 e. The third kappa shape index (κ3) is 5.64. The van der Waals surface area contributed by atoms with Crippen molar-refractivity contribution in [2.75, 3.05) is 5.32 Å². The molecular formula is C18H24N2O3S. The maximum atomic E-state index is 12.0. The second kappa shape index (κ2) is 9.43. The predicted octanol–water partition coefficient (Wildman–Crippen LogP) is 4.24. The minimum atomic E-state index is -0.860. The lowest BCUT2D eigenvalue weighted by Crippen LogP contribution is -2.29. The molecule has 1 unspecified atom stereocenters. The summed E-state index contributed by atoms with van der Waals surface area (Å²) in [6.07, 6.45) is 7.88. The van der Waals surface area contributed by atoms with Crippen molar-refractivity contribution in [2.45, 2.75) is 64.4 Å². The summed E-state index contributed by atoms with van der Waals surface area (Å²) >= 11 is 1.27. The highest BCUT2D eigenvalue weighted by Crippen LogP contribution is 2.27. The maximum absolute atomic E-state index is 12.0. The Hall–Kier alpha value is -1.87. The zero-order chi connectivity index (χ0) is 17.4. The number of nitrogens with one attached hydrogen (secondary N) is 1. The molecule has 0 radical (unpaired) electrons. The number of hydrogen-bond donors (Lipinski definition) is 1. The Morgan fingerprint density at radius 3 is 2.88 bits per heavy atom. The van der Waals surface area contributed by atoms with E-state index in [4.69, 9.17) is 10.00 Å². The van der Waals surface area contributed by atoms with Gasteiger partial charge in [-0.2, -0.15) is 5.26 Å². The summed E-state index contributed by atoms with van der Waals surface area (Å²) in [5.74, 6) is 0.00484. The van der Waals surface area contributed by atoms with Crippen molar-refractivity contribution in [3.63, 3.8) is 0 Å². The molecule has 1 fully saturated rings. The van der Waals surface area contributed by atoms with Gasteiger partial charge in [0.25, 0.3) is 5.91 Å². The van der Waals surface area contributed by atoms with E-state index in [1.54, 1.807) is 18.4 Å². The van der Waals surface area contributed by atoms with Gasteiger partial charge in [-0.25, -0.2) is 0 Å². The highest BCUT2D eigenvalue weighted by Gasteiger charge is 2.20. The Bertz CT molecular complexity index is 600. The number of amides is 1. The summed E-state index contributed by atoms with van der Waals surface area (Å²) < 4.78 is 5.19. The van der Waals surface area contributed by atoms with Crippen molar-refractivity contribution in [3.05, 3.63) is 17.0 Å². The topological polar surface area (TPSA) is 79.2 Å². The largest absolute Gasteiger partial charge is 0.453 e. The fraction of sp³-hybridized carbons (Fsp3) is 0.611. The summed E-state index contributed by atoms with van der Waals surface area (Å²) in [5.41, 5.74) is 0.416. The molecule has 2 rings (SSSR count). The smallest absolute Gasteiger partial charge is 0.306 e. The first-order valence-corrected chi connectivity index (χ1v) is 9.46. The van der Waals surface area contributed by atoms with E-state index in [1.807, 2.05) is 6.07 Å². The van der Waals surface area contributed by atoms with Gasteiger partial charge in [-0.15, -0.1) is 11.3 Å². The Balaban J connectivity index is 1.68. The van der Waals surface area contributed by atoms with Gasteiger partial charge < -0.3 is 10.1 Å². The van der Waals surface area contributed by atoms with Crippen molar-refractivity contribution in [1.82, 2.24) is 0 Å². The molecule has 0 bridgehead atoms. The van der Waals surface area contributed by atoms with Crippen LogP contribution in [0.3, 0.4) is 0 Å². The van der Waals surface area contributed by atoms with Crippen LogP contribution in [0.4, 0.5) is 5.00 Å². The molecule has 1 aromatic rings. The Labute approximate surface area is 147 Å². The number of rotatable bonds is 7. The number of esters is 1. The van der Waals surface area contributed by atoms with E-state index < -0.39 is 12.0 Å². The third-order valence-corrected chi connectivity index (χ3v) is 5.25. The molecule has 1 aliphatic rings. The van der Waals surface area contributed by atoms with Gasteiger partial charge in [0.1, 0.15) is 11.1 Å². The number of ether oxygens (including phenoxy) is 1. The zero-order valence-electron chi connectivity index (χ0n) is 14.0. The van der Waals surface area contributed by atoms with E-state index in [9.17, 15) is 9.59 Å². The SMILES string of the molecule is CC(OC(=O)CCCC1CCCCC1)C(=O)Nc1sccc1C#N. The van der Waals surface area contributed by atoms with E-state index >= 15 is 0 Å². The van der Waals surface area contributed by atoms with Gasteiger partial charge in [0, 0.05) is 6.42 Å². The third-order valence-electron chi connectivity index (χ3n) is 4.42. The summed E-state index contributed by atoms with van der Waals surface area (Å²) in [4.78, 5) is 23.9. The highest BCUT2D eigenvalue weighted by molar-refractivity contribution is 7.14. The number of carbonyl (C=O) groups is 2. The Morgan fingerprint density at radius 1 is 1.42 bits per heavy atom. The van der Waals surface area contributed by atoms with E-state index in [0.29, 0.717) is 17.0 Å². The quantitative estimate of drug-likeness (QED) is 0.747. The van der Waals surface area contributed by atoms with Crippen molar-refractivity contribution >= 4 is 28.2 Å². The van der Waals surface area contributed by atoms with E-state index in [2.05, 4.69) is 5.32 Å². The first kappa shape index (κ1) is 18.5. The average molecular weight is 348 g/mol. The molecule has 1 amide bonds. The number of carbonyl (C=O) groups excluding carboxylic acids is 2. The van der Waals surface area contributed by atoms with Crippen LogP contribution in [0.5, 0.6) is 0 Å². The van der Waals surface area contributed by atoms with Gasteiger partial charge in [0.05, 0.1) is 5.56 Å². The number of anilines is 1. The summed E-state index contributed by atoms with van der Waals surface area (Å²) in [5, 5.41) is 13.8. The molecule has 1 aromatic heterocycles. The number of hydrogen-bond acceptors (Lipinski definition) is 5. The number of nitriles is 1. The normalized spacial score (nSPS) is 16.2. The van der Waals surface area contributed by atoms with Crippen LogP contribution in [0.2, 0.25) is 0 Å². The standard InChI is InChI=1S/C18H24N2O3S/c1-13(17(22)20-18-15(12-19)10-11-24-18)23-16(21)9-5-8-14-6-3-2-4-7-14/h10-11,13-14H,2-9H2,1H3,(H,20,22). The number of thiophene rings is 1. The minimum absolute atomic E-state index is 0.333. The van der Waals surface area contributed by atoms with Crippen LogP contribution >= 0.6 is 11.3 Å². The molecule has 6 heteroatoms. The molecule has 24 heavy (non-hydrogen) atoms. The van der Waals surface area contributed by atoms with Gasteiger partial charge >= 0.3 is 5.97 Å². The van der Waals surface area contributed by atoms with Gasteiger partial charge in [0.2, 0.25) is 0 Å². The first-order chi connectivity index (χ1) is 11.6. The lowest BCUT2D eigenvalue weighted by Gasteiger charge is -2.21. The van der Waals surface area contributed by atoms with Gasteiger partial charge in [-0.1, -0.05) is 32.1 Å². The van der Waals surface area contributed by atoms with Crippen molar-refractivity contribution in [1.29, 1.82) is 5.26 Å². The molecule has 1 aliphatic carbocycles. The number of nitrogens with zero attached hydrogens (tertiary/aromatic N) is 1. The molecular weight excluding hydrogens is 324 g/mol. The van der Waals surface area contributed by atoms with Crippen LogP contribution in [0, 0.1) is 17.2 Å². The van der Waals surface area contributed by atoms with Gasteiger partial charge in [0.15, 0.2) is 6.10 Å². The Morgan fingerprint density at radius 2 is 2.17 bits per heavy atom. The van der Waals surface area contributed by atoms with Crippen LogP contribution in [-0.2, 0) is 14.3 Å². The highest BCUT2D eigenvalue weighted by atomic mass is 32.1. The lowest BCUT2D eigenvalue weighted by molar-refractivity contribution is -0.153. The average Bonchev–Trinajstić information content (AvgIpc) is 3.02. The van der Waals surface area contributed by atoms with Crippen molar-refractivity contribution in [3.8, 4) is 6.07 Å². The van der Waals surface area contributed by atoms with Crippen LogP contribution in [0.15, 0.2) is 11.4 Å². The molecule has 0 saturated heterocycles. The van der Waals surface area contributed by atoms with E-state index in [0.717, 1.165) is 18.8 Å². The molecule has 1 heterocycles. The minimum Gasteiger partial charge on any atom is -0.453 e. The summed E-state index contributed by atoms with van der Waals surface area (Å²) in [7, 11) is 0.